The molecule has 0 spiro atoms. The molecule has 0 aliphatic rings. The molecule has 1 heterocycles. The predicted octanol–water partition coefficient (Wildman–Crippen LogP) is -0.207. The van der Waals surface area contributed by atoms with Gasteiger partial charge in [-0.15, -0.1) is 0 Å². The molecule has 8 nitrogen and oxygen atoms in total. The second kappa shape index (κ2) is 5.61. The zero-order valence-corrected chi connectivity index (χ0v) is 14.1. The van der Waals surface area contributed by atoms with Crippen LogP contribution in [0.2, 0.25) is 0 Å². The summed E-state index contributed by atoms with van der Waals surface area (Å²) in [4.78, 5) is 26.9. The maximum absolute atomic E-state index is 13.7. The van der Waals surface area contributed by atoms with Gasteiger partial charge in [-0.2, -0.15) is 4.98 Å². The largest absolute Gasteiger partial charge is 0.353 e. The van der Waals surface area contributed by atoms with Crippen LogP contribution in [-0.4, -0.2) is 41.9 Å². The lowest BCUT2D eigenvalue weighted by atomic mass is 10.4. The minimum atomic E-state index is -4.31. The van der Waals surface area contributed by atoms with E-state index in [1.165, 1.54) is 35.2 Å². The lowest BCUT2D eigenvalue weighted by Crippen LogP contribution is -2.44. The van der Waals surface area contributed by atoms with Gasteiger partial charge in [-0.3, -0.25) is 8.75 Å². The fraction of sp³-hybridized carbons (Fsp3) is 0.667. The third-order valence-electron chi connectivity index (χ3n) is 2.38. The van der Waals surface area contributed by atoms with Gasteiger partial charge in [0.2, 0.25) is 0 Å². The maximum Gasteiger partial charge on any atom is 0.353 e. The SMILES string of the molecule is Cc1nc(=O)n(C[C@H](F)COS(C)(=O)(O)I)c(=O)n1C. The molecule has 0 unspecified atom stereocenters. The van der Waals surface area contributed by atoms with Crippen LogP contribution >= 0.6 is 21.2 Å². The smallest absolute Gasteiger partial charge is 0.301 e. The Labute approximate surface area is 126 Å². The lowest BCUT2D eigenvalue weighted by Gasteiger charge is -2.25. The van der Waals surface area contributed by atoms with Crippen LogP contribution < -0.4 is 11.4 Å². The Kier molecular flexibility index (Phi) is 4.88. The molecule has 1 rings (SSSR count). The van der Waals surface area contributed by atoms with Gasteiger partial charge in [-0.1, -0.05) is 0 Å². The monoisotopic (exact) mass is 423 g/mol. The minimum absolute atomic E-state index is 0.211. The van der Waals surface area contributed by atoms with E-state index in [2.05, 4.69) is 9.17 Å². The summed E-state index contributed by atoms with van der Waals surface area (Å²) in [6.45, 7) is -4.16. The topological polar surface area (TPSA) is 103 Å². The molecule has 11 heteroatoms. The number of aryl methyl sites for hydroxylation is 1. The van der Waals surface area contributed by atoms with Crippen LogP contribution in [0.25, 0.3) is 0 Å². The predicted molar refractivity (Wildman–Crippen MR) is 80.0 cm³/mol. The van der Waals surface area contributed by atoms with E-state index in [4.69, 9.17) is 0 Å². The number of aromatic nitrogens is 3. The third kappa shape index (κ3) is 5.03. The molecular formula is C9H15FIN3O5S. The summed E-state index contributed by atoms with van der Waals surface area (Å²) in [5.41, 5.74) is -1.58. The van der Waals surface area contributed by atoms with Gasteiger partial charge >= 0.3 is 11.4 Å². The fourth-order valence-electron chi connectivity index (χ4n) is 1.31. The Balaban J connectivity index is 2.91. The Hall–Kier alpha value is -0.660. The van der Waals surface area contributed by atoms with Gasteiger partial charge in [-0.25, -0.2) is 22.8 Å². The van der Waals surface area contributed by atoms with Gasteiger partial charge in [0, 0.05) is 13.3 Å². The number of halogens is 2. The highest BCUT2D eigenvalue weighted by Crippen LogP contribution is 2.28. The average Bonchev–Trinajstić information content (AvgIpc) is 2.27. The van der Waals surface area contributed by atoms with E-state index in [1.807, 2.05) is 0 Å². The van der Waals surface area contributed by atoms with Gasteiger partial charge < -0.3 is 4.55 Å². The quantitative estimate of drug-likeness (QED) is 0.520. The Morgan fingerprint density at radius 1 is 1.55 bits per heavy atom. The standard InChI is InChI=1S/C9H15FIN3O5S/c1-6-12-8(15)14(9(16)13(6)2)4-7(10)5-19-20(3,11,17)18/h7H,4-5H2,1-3H3,(H,17,18)/t7-/m0/s1. The van der Waals surface area contributed by atoms with Crippen molar-refractivity contribution in [2.24, 2.45) is 7.05 Å². The summed E-state index contributed by atoms with van der Waals surface area (Å²) in [6, 6.07) is 0. The Morgan fingerprint density at radius 3 is 2.60 bits per heavy atom. The van der Waals surface area contributed by atoms with Crippen LogP contribution in [0.4, 0.5) is 4.39 Å². The van der Waals surface area contributed by atoms with Gasteiger partial charge in [0.05, 0.1) is 34.4 Å². The zero-order chi connectivity index (χ0) is 15.7. The van der Waals surface area contributed by atoms with Crippen LogP contribution in [0.1, 0.15) is 5.82 Å². The first-order valence-corrected chi connectivity index (χ1v) is 10.2. The molecule has 1 N–H and O–H groups in total. The van der Waals surface area contributed by atoms with Gasteiger partial charge in [0.25, 0.3) is 0 Å². The molecule has 0 aliphatic heterocycles. The second-order valence-electron chi connectivity index (χ2n) is 4.36. The first-order chi connectivity index (χ1) is 8.87. The lowest BCUT2D eigenvalue weighted by molar-refractivity contribution is 0.170. The highest BCUT2D eigenvalue weighted by Gasteiger charge is 2.25. The highest BCUT2D eigenvalue weighted by molar-refractivity contribution is 14.2. The van der Waals surface area contributed by atoms with Crippen molar-refractivity contribution in [3.63, 3.8) is 0 Å². The van der Waals surface area contributed by atoms with E-state index in [0.29, 0.717) is 4.57 Å². The number of hydrogen-bond acceptors (Lipinski definition) is 5. The molecule has 0 amide bonds. The second-order valence-corrected chi connectivity index (χ2v) is 12.7. The van der Waals surface area contributed by atoms with Crippen molar-refractivity contribution in [3.05, 3.63) is 26.8 Å². The Bertz CT molecular complexity index is 683. The number of hydrogen-bond donors (Lipinski definition) is 1. The summed E-state index contributed by atoms with van der Waals surface area (Å²) >= 11 is 1.17. The van der Waals surface area contributed by atoms with E-state index >= 15 is 0 Å². The van der Waals surface area contributed by atoms with Crippen molar-refractivity contribution >= 4 is 28.0 Å². The van der Waals surface area contributed by atoms with Crippen molar-refractivity contribution in [2.75, 3.05) is 12.9 Å². The number of rotatable bonds is 5. The molecule has 0 saturated carbocycles. The van der Waals surface area contributed by atoms with Gasteiger partial charge in [0.15, 0.2) is 0 Å². The maximum atomic E-state index is 13.7. The summed E-state index contributed by atoms with van der Waals surface area (Å²) in [6.07, 6.45) is -0.875. The van der Waals surface area contributed by atoms with Crippen LogP contribution in [0, 0.1) is 6.92 Å². The van der Waals surface area contributed by atoms with Crippen molar-refractivity contribution in [1.82, 2.24) is 14.1 Å². The molecular weight excluding hydrogens is 408 g/mol. The molecule has 0 fully saturated rings. The fourth-order valence-corrected chi connectivity index (χ4v) is 2.20. The van der Waals surface area contributed by atoms with E-state index in [1.54, 1.807) is 0 Å². The van der Waals surface area contributed by atoms with Gasteiger partial charge in [0.1, 0.15) is 18.8 Å². The normalized spacial score (nSPS) is 15.6. The summed E-state index contributed by atoms with van der Waals surface area (Å²) in [5.74, 6) is 0.211. The van der Waals surface area contributed by atoms with Crippen molar-refractivity contribution in [1.29, 1.82) is 0 Å². The van der Waals surface area contributed by atoms with Crippen LogP contribution in [0.3, 0.4) is 0 Å². The molecule has 0 saturated heterocycles. The van der Waals surface area contributed by atoms with E-state index < -0.39 is 37.5 Å². The molecule has 20 heavy (non-hydrogen) atoms. The Morgan fingerprint density at radius 2 is 2.10 bits per heavy atom. The summed E-state index contributed by atoms with van der Waals surface area (Å²) in [7, 11) is 1.40. The molecule has 0 bridgehead atoms. The minimum Gasteiger partial charge on any atom is -0.301 e. The molecule has 1 atom stereocenters. The summed E-state index contributed by atoms with van der Waals surface area (Å²) in [5, 5.41) is 0. The molecule has 116 valence electrons. The molecule has 1 aromatic rings. The molecule has 1 aromatic heterocycles. The zero-order valence-electron chi connectivity index (χ0n) is 11.1. The van der Waals surface area contributed by atoms with Gasteiger partial charge in [-0.05, 0) is 6.92 Å². The van der Waals surface area contributed by atoms with Crippen molar-refractivity contribution in [3.8, 4) is 0 Å². The van der Waals surface area contributed by atoms with Crippen LogP contribution in [0.5, 0.6) is 0 Å². The molecule has 0 radical (unpaired) electrons. The van der Waals surface area contributed by atoms with E-state index in [9.17, 15) is 22.7 Å². The summed E-state index contributed by atoms with van der Waals surface area (Å²) < 4.78 is 40.6. The first-order valence-electron chi connectivity index (χ1n) is 5.42. The average molecular weight is 423 g/mol. The van der Waals surface area contributed by atoms with Crippen molar-refractivity contribution in [2.45, 2.75) is 19.6 Å². The number of alkyl halides is 1. The van der Waals surface area contributed by atoms with Crippen LogP contribution in [-0.2, 0) is 24.6 Å². The highest BCUT2D eigenvalue weighted by atomic mass is 127. The molecule has 0 aliphatic carbocycles. The van der Waals surface area contributed by atoms with E-state index in [-0.39, 0.29) is 5.82 Å². The molecule has 0 aromatic carbocycles. The van der Waals surface area contributed by atoms with Crippen LogP contribution in [0.15, 0.2) is 9.59 Å². The van der Waals surface area contributed by atoms with Crippen molar-refractivity contribution < 1.29 is 17.3 Å². The first kappa shape index (κ1) is 17.4. The van der Waals surface area contributed by atoms with E-state index in [0.717, 1.165) is 10.8 Å². The third-order valence-corrected chi connectivity index (χ3v) is 3.81. The number of nitrogens with zero attached hydrogens (tertiary/aromatic N) is 3.